The first kappa shape index (κ1) is 8.25. The van der Waals surface area contributed by atoms with Gasteiger partial charge in [-0.3, -0.25) is 0 Å². The number of halogens is 2. The molecule has 11 heavy (non-hydrogen) atoms. The molecule has 0 aliphatic carbocycles. The summed E-state index contributed by atoms with van der Waals surface area (Å²) in [6, 6.07) is 3.47. The molecule has 0 unspecified atom stereocenters. The molecule has 1 aromatic rings. The van der Waals surface area contributed by atoms with Gasteiger partial charge in [-0.2, -0.15) is 5.26 Å². The van der Waals surface area contributed by atoms with Gasteiger partial charge in [-0.25, -0.2) is 0 Å². The second-order valence-corrected chi connectivity index (χ2v) is 2.56. The van der Waals surface area contributed by atoms with Crippen molar-refractivity contribution in [1.82, 2.24) is 10.2 Å². The highest BCUT2D eigenvalue weighted by atomic mass is 35.5. The summed E-state index contributed by atoms with van der Waals surface area (Å²) in [7, 11) is 0. The number of hydrogen-bond acceptors (Lipinski definition) is 3. The summed E-state index contributed by atoms with van der Waals surface area (Å²) in [5.41, 5.74) is 0.606. The van der Waals surface area contributed by atoms with Gasteiger partial charge < -0.3 is 0 Å². The van der Waals surface area contributed by atoms with Crippen molar-refractivity contribution in [2.24, 2.45) is 0 Å². The Morgan fingerprint density at radius 2 is 2.18 bits per heavy atom. The molecule has 0 N–H and O–H groups in total. The van der Waals surface area contributed by atoms with Crippen LogP contribution in [0.2, 0.25) is 10.3 Å². The Kier molecular flexibility index (Phi) is 2.64. The lowest BCUT2D eigenvalue weighted by Crippen LogP contribution is -1.90. The summed E-state index contributed by atoms with van der Waals surface area (Å²) < 4.78 is 0. The molecule has 0 aliphatic rings. The topological polar surface area (TPSA) is 49.6 Å². The Labute approximate surface area is 73.6 Å². The highest BCUT2D eigenvalue weighted by Gasteiger charge is 2.02. The van der Waals surface area contributed by atoms with E-state index in [1.54, 1.807) is 0 Å². The summed E-state index contributed by atoms with van der Waals surface area (Å²) >= 11 is 11.1. The average Bonchev–Trinajstić information content (AvgIpc) is 1.98. The minimum atomic E-state index is 0.202. The number of aromatic nitrogens is 2. The Balaban J connectivity index is 3.05. The van der Waals surface area contributed by atoms with Crippen LogP contribution >= 0.6 is 23.2 Å². The highest BCUT2D eigenvalue weighted by molar-refractivity contribution is 6.31. The van der Waals surface area contributed by atoms with E-state index in [4.69, 9.17) is 28.5 Å². The van der Waals surface area contributed by atoms with E-state index in [2.05, 4.69) is 10.2 Å². The van der Waals surface area contributed by atoms with E-state index in [0.717, 1.165) is 0 Å². The van der Waals surface area contributed by atoms with E-state index in [0.29, 0.717) is 5.56 Å². The van der Waals surface area contributed by atoms with Gasteiger partial charge in [0.25, 0.3) is 0 Å². The lowest BCUT2D eigenvalue weighted by molar-refractivity contribution is 1.00. The first-order valence-electron chi connectivity index (χ1n) is 2.78. The van der Waals surface area contributed by atoms with Gasteiger partial charge in [-0.05, 0) is 6.07 Å². The normalized spacial score (nSPS) is 9.18. The SMILES string of the molecule is N#CCc1cc(Cl)nnc1Cl. The molecular weight excluding hydrogens is 185 g/mol. The highest BCUT2D eigenvalue weighted by Crippen LogP contribution is 2.14. The van der Waals surface area contributed by atoms with Crippen LogP contribution in [0.1, 0.15) is 5.56 Å². The van der Waals surface area contributed by atoms with Gasteiger partial charge in [-0.1, -0.05) is 23.2 Å². The van der Waals surface area contributed by atoms with Crippen molar-refractivity contribution >= 4 is 23.2 Å². The third-order valence-corrected chi connectivity index (χ3v) is 1.56. The van der Waals surface area contributed by atoms with E-state index in [1.165, 1.54) is 6.07 Å². The molecule has 3 nitrogen and oxygen atoms in total. The van der Waals surface area contributed by atoms with Gasteiger partial charge >= 0.3 is 0 Å². The Morgan fingerprint density at radius 3 is 2.82 bits per heavy atom. The van der Waals surface area contributed by atoms with E-state index in [9.17, 15) is 0 Å². The van der Waals surface area contributed by atoms with Crippen LogP contribution in [0.3, 0.4) is 0 Å². The zero-order chi connectivity index (χ0) is 8.27. The predicted octanol–water partition coefficient (Wildman–Crippen LogP) is 1.85. The summed E-state index contributed by atoms with van der Waals surface area (Å²) in [5.74, 6) is 0. The Bertz CT molecular complexity index is 305. The van der Waals surface area contributed by atoms with Gasteiger partial charge in [0.15, 0.2) is 10.3 Å². The molecule has 0 amide bonds. The standard InChI is InChI=1S/C6H3Cl2N3/c7-5-3-4(1-2-9)6(8)11-10-5/h3H,1H2. The molecule has 0 fully saturated rings. The second-order valence-electron chi connectivity index (χ2n) is 1.82. The fourth-order valence-corrected chi connectivity index (χ4v) is 0.926. The number of nitriles is 1. The van der Waals surface area contributed by atoms with Crippen molar-refractivity contribution in [3.63, 3.8) is 0 Å². The fraction of sp³-hybridized carbons (Fsp3) is 0.167. The molecule has 5 heteroatoms. The van der Waals surface area contributed by atoms with E-state index in [-0.39, 0.29) is 16.7 Å². The maximum atomic E-state index is 8.34. The largest absolute Gasteiger partial charge is 0.198 e. The quantitative estimate of drug-likeness (QED) is 0.675. The number of hydrogen-bond donors (Lipinski definition) is 0. The first-order chi connectivity index (χ1) is 5.24. The van der Waals surface area contributed by atoms with Gasteiger partial charge in [0.2, 0.25) is 0 Å². The van der Waals surface area contributed by atoms with Crippen LogP contribution in [0.5, 0.6) is 0 Å². The maximum absolute atomic E-state index is 8.34. The molecule has 1 heterocycles. The van der Waals surface area contributed by atoms with Crippen LogP contribution in [0.4, 0.5) is 0 Å². The molecule has 0 aromatic carbocycles. The van der Waals surface area contributed by atoms with Crippen molar-refractivity contribution in [3.05, 3.63) is 21.9 Å². The van der Waals surface area contributed by atoms with Crippen molar-refractivity contribution in [3.8, 4) is 6.07 Å². The molecule has 1 aromatic heterocycles. The molecule has 0 spiro atoms. The summed E-state index contributed by atoms with van der Waals surface area (Å²) in [5, 5.41) is 15.8. The molecule has 0 saturated heterocycles. The fourth-order valence-electron chi connectivity index (χ4n) is 0.597. The van der Waals surface area contributed by atoms with E-state index in [1.807, 2.05) is 6.07 Å². The van der Waals surface area contributed by atoms with Crippen molar-refractivity contribution in [2.45, 2.75) is 6.42 Å². The molecule has 0 atom stereocenters. The van der Waals surface area contributed by atoms with Crippen LogP contribution in [-0.2, 0) is 6.42 Å². The van der Waals surface area contributed by atoms with Crippen LogP contribution < -0.4 is 0 Å². The smallest absolute Gasteiger partial charge is 0.156 e. The Morgan fingerprint density at radius 1 is 1.45 bits per heavy atom. The predicted molar refractivity (Wildman–Crippen MR) is 41.4 cm³/mol. The third-order valence-electron chi connectivity index (χ3n) is 1.06. The minimum Gasteiger partial charge on any atom is -0.198 e. The van der Waals surface area contributed by atoms with Crippen molar-refractivity contribution in [2.75, 3.05) is 0 Å². The van der Waals surface area contributed by atoms with Gasteiger partial charge in [0, 0.05) is 5.56 Å². The lowest BCUT2D eigenvalue weighted by atomic mass is 10.2. The van der Waals surface area contributed by atoms with Gasteiger partial charge in [0.1, 0.15) is 0 Å². The van der Waals surface area contributed by atoms with Crippen LogP contribution in [-0.4, -0.2) is 10.2 Å². The summed E-state index contributed by atoms with van der Waals surface area (Å²) in [4.78, 5) is 0. The first-order valence-corrected chi connectivity index (χ1v) is 3.54. The number of nitrogens with zero attached hydrogens (tertiary/aromatic N) is 3. The summed E-state index contributed by atoms with van der Waals surface area (Å²) in [6.07, 6.45) is 0.202. The molecule has 0 radical (unpaired) electrons. The zero-order valence-electron chi connectivity index (χ0n) is 5.38. The second kappa shape index (κ2) is 3.51. The van der Waals surface area contributed by atoms with Crippen molar-refractivity contribution in [1.29, 1.82) is 5.26 Å². The van der Waals surface area contributed by atoms with Crippen LogP contribution in [0.15, 0.2) is 6.07 Å². The molecule has 0 aliphatic heterocycles. The van der Waals surface area contributed by atoms with Crippen LogP contribution in [0.25, 0.3) is 0 Å². The maximum Gasteiger partial charge on any atom is 0.156 e. The van der Waals surface area contributed by atoms with Crippen LogP contribution in [0, 0.1) is 11.3 Å². The zero-order valence-corrected chi connectivity index (χ0v) is 6.89. The lowest BCUT2D eigenvalue weighted by Gasteiger charge is -1.95. The van der Waals surface area contributed by atoms with E-state index < -0.39 is 0 Å². The van der Waals surface area contributed by atoms with E-state index >= 15 is 0 Å². The van der Waals surface area contributed by atoms with Gasteiger partial charge in [0.05, 0.1) is 12.5 Å². The van der Waals surface area contributed by atoms with Gasteiger partial charge in [-0.15, -0.1) is 10.2 Å². The van der Waals surface area contributed by atoms with Crippen molar-refractivity contribution < 1.29 is 0 Å². The molecular formula is C6H3Cl2N3. The summed E-state index contributed by atoms with van der Waals surface area (Å²) in [6.45, 7) is 0. The number of rotatable bonds is 1. The molecule has 0 saturated carbocycles. The molecule has 0 bridgehead atoms. The average molecular weight is 188 g/mol. The third kappa shape index (κ3) is 2.04. The molecule has 1 rings (SSSR count). The Hall–Kier alpha value is -0.850. The minimum absolute atomic E-state index is 0.202. The molecule has 56 valence electrons. The monoisotopic (exact) mass is 187 g/mol.